The van der Waals surface area contributed by atoms with Crippen LogP contribution in [0.5, 0.6) is 0 Å². The molecule has 0 aliphatic rings. The number of carbonyl (C=O) groups is 1. The van der Waals surface area contributed by atoms with E-state index in [-0.39, 0.29) is 5.91 Å². The zero-order chi connectivity index (χ0) is 22.5. The maximum Gasteiger partial charge on any atom is 0.260 e. The van der Waals surface area contributed by atoms with Crippen LogP contribution in [0.2, 0.25) is 0 Å². The van der Waals surface area contributed by atoms with Crippen LogP contribution in [0.25, 0.3) is 23.0 Å². The lowest BCUT2D eigenvalue weighted by atomic mass is 9.90. The Morgan fingerprint density at radius 1 is 0.758 bits per heavy atom. The molecule has 0 fully saturated rings. The van der Waals surface area contributed by atoms with Crippen molar-refractivity contribution < 1.29 is 9.32 Å². The molecule has 1 N–H and O–H groups in total. The minimum atomic E-state index is -0.466. The number of hydrogen-bond donors (Lipinski definition) is 1. The van der Waals surface area contributed by atoms with Gasteiger partial charge in [-0.1, -0.05) is 84.0 Å². The number of para-hydroxylation sites is 1. The summed E-state index contributed by atoms with van der Waals surface area (Å²) in [4.78, 5) is 22.3. The zero-order valence-corrected chi connectivity index (χ0v) is 17.6. The smallest absolute Gasteiger partial charge is 0.260 e. The van der Waals surface area contributed by atoms with Crippen molar-refractivity contribution in [2.75, 3.05) is 5.32 Å². The molecule has 0 bridgehead atoms. The summed E-state index contributed by atoms with van der Waals surface area (Å²) in [6, 6.07) is 32.3. The lowest BCUT2D eigenvalue weighted by Gasteiger charge is -2.18. The Morgan fingerprint density at radius 2 is 1.39 bits per heavy atom. The largest absolute Gasteiger partial charge is 0.333 e. The highest BCUT2D eigenvalue weighted by atomic mass is 16.5. The van der Waals surface area contributed by atoms with Crippen molar-refractivity contribution in [1.29, 1.82) is 0 Å². The molecule has 0 atom stereocenters. The van der Waals surface area contributed by atoms with Crippen LogP contribution in [0.15, 0.2) is 114 Å². The first-order chi connectivity index (χ1) is 16.3. The van der Waals surface area contributed by atoms with Gasteiger partial charge in [-0.2, -0.15) is 4.98 Å². The first-order valence-corrected chi connectivity index (χ1v) is 10.5. The van der Waals surface area contributed by atoms with Crippen molar-refractivity contribution in [2.24, 2.45) is 0 Å². The lowest BCUT2D eigenvalue weighted by Crippen LogP contribution is -2.22. The number of anilines is 1. The fourth-order valence-electron chi connectivity index (χ4n) is 3.70. The molecular weight excluding hydrogens is 412 g/mol. The molecule has 6 heteroatoms. The lowest BCUT2D eigenvalue weighted by molar-refractivity contribution is -0.116. The quantitative estimate of drug-likeness (QED) is 0.379. The highest BCUT2D eigenvalue weighted by molar-refractivity contribution is 6.00. The maximum atomic E-state index is 13.5. The molecule has 2 aromatic heterocycles. The molecule has 1 amide bonds. The van der Waals surface area contributed by atoms with Crippen molar-refractivity contribution in [3.05, 3.63) is 120 Å². The molecule has 0 unspecified atom stereocenters. The molecule has 0 aliphatic carbocycles. The molecule has 0 saturated carbocycles. The van der Waals surface area contributed by atoms with E-state index >= 15 is 0 Å². The van der Waals surface area contributed by atoms with Gasteiger partial charge in [-0.15, -0.1) is 0 Å². The Balaban J connectivity index is 1.47. The first-order valence-electron chi connectivity index (χ1n) is 10.5. The monoisotopic (exact) mass is 432 g/mol. The highest BCUT2D eigenvalue weighted by Gasteiger charge is 2.24. The van der Waals surface area contributed by atoms with Gasteiger partial charge in [0.1, 0.15) is 5.69 Å². The third-order valence-corrected chi connectivity index (χ3v) is 5.26. The van der Waals surface area contributed by atoms with E-state index in [1.807, 2.05) is 103 Å². The summed E-state index contributed by atoms with van der Waals surface area (Å²) in [5, 5.41) is 7.12. The summed E-state index contributed by atoms with van der Waals surface area (Å²) in [7, 11) is 0. The number of nitrogens with zero attached hydrogens (tertiary/aromatic N) is 3. The number of aromatic nitrogens is 3. The van der Waals surface area contributed by atoms with Gasteiger partial charge in [0.15, 0.2) is 0 Å². The van der Waals surface area contributed by atoms with Gasteiger partial charge in [0.25, 0.3) is 5.89 Å². The SMILES string of the molecule is O=C(Nc1ccccc1-c1nc(-c2ccccn2)no1)C(c1ccccc1)c1ccccc1. The van der Waals surface area contributed by atoms with Gasteiger partial charge in [0.2, 0.25) is 11.7 Å². The summed E-state index contributed by atoms with van der Waals surface area (Å²) in [6.45, 7) is 0. The Labute approximate surface area is 191 Å². The third-order valence-electron chi connectivity index (χ3n) is 5.26. The van der Waals surface area contributed by atoms with Crippen molar-refractivity contribution in [3.63, 3.8) is 0 Å². The maximum absolute atomic E-state index is 13.5. The number of hydrogen-bond acceptors (Lipinski definition) is 5. The average Bonchev–Trinajstić information content (AvgIpc) is 3.37. The number of nitrogens with one attached hydrogen (secondary N) is 1. The van der Waals surface area contributed by atoms with Gasteiger partial charge in [0.05, 0.1) is 17.2 Å². The number of benzene rings is 3. The van der Waals surface area contributed by atoms with Crippen LogP contribution in [0.3, 0.4) is 0 Å². The molecule has 5 aromatic rings. The molecule has 33 heavy (non-hydrogen) atoms. The van der Waals surface area contributed by atoms with E-state index in [1.165, 1.54) is 0 Å². The fourth-order valence-corrected chi connectivity index (χ4v) is 3.70. The van der Waals surface area contributed by atoms with E-state index in [0.717, 1.165) is 11.1 Å². The first kappa shape index (κ1) is 20.3. The van der Waals surface area contributed by atoms with E-state index in [4.69, 9.17) is 4.52 Å². The summed E-state index contributed by atoms with van der Waals surface area (Å²) in [5.41, 5.74) is 3.67. The number of amides is 1. The van der Waals surface area contributed by atoms with Gasteiger partial charge < -0.3 is 9.84 Å². The Morgan fingerprint density at radius 3 is 2.06 bits per heavy atom. The minimum Gasteiger partial charge on any atom is -0.333 e. The van der Waals surface area contributed by atoms with Crippen LogP contribution in [-0.4, -0.2) is 21.0 Å². The topological polar surface area (TPSA) is 80.9 Å². The Kier molecular flexibility index (Phi) is 5.72. The number of rotatable bonds is 6. The second-order valence-corrected chi connectivity index (χ2v) is 7.43. The summed E-state index contributed by atoms with van der Waals surface area (Å²) < 4.78 is 5.50. The van der Waals surface area contributed by atoms with Gasteiger partial charge in [-0.05, 0) is 35.4 Å². The summed E-state index contributed by atoms with van der Waals surface area (Å²) in [5.74, 6) is 0.0808. The van der Waals surface area contributed by atoms with Crippen LogP contribution in [0.1, 0.15) is 17.0 Å². The molecule has 0 radical (unpaired) electrons. The van der Waals surface area contributed by atoms with Crippen molar-refractivity contribution >= 4 is 11.6 Å². The fraction of sp³-hybridized carbons (Fsp3) is 0.0370. The standard InChI is InChI=1S/C27H20N4O2/c32-26(24(19-11-3-1-4-12-19)20-13-5-2-6-14-20)29-22-16-8-7-15-21(22)27-30-25(31-33-27)23-17-9-10-18-28-23/h1-18,24H,(H,29,32). The molecule has 6 nitrogen and oxygen atoms in total. The second kappa shape index (κ2) is 9.28. The van der Waals surface area contributed by atoms with E-state index in [0.29, 0.717) is 28.7 Å². The van der Waals surface area contributed by atoms with Crippen molar-refractivity contribution in [3.8, 4) is 23.0 Å². The Hall–Kier alpha value is -4.58. The number of carbonyl (C=O) groups excluding carboxylic acids is 1. The molecular formula is C27H20N4O2. The normalized spacial score (nSPS) is 10.8. The van der Waals surface area contributed by atoms with E-state index in [2.05, 4.69) is 20.4 Å². The average molecular weight is 432 g/mol. The van der Waals surface area contributed by atoms with Crippen LogP contribution < -0.4 is 5.32 Å². The van der Waals surface area contributed by atoms with Gasteiger partial charge in [0, 0.05) is 6.20 Å². The predicted molar refractivity (Wildman–Crippen MR) is 126 cm³/mol. The van der Waals surface area contributed by atoms with Crippen molar-refractivity contribution in [1.82, 2.24) is 15.1 Å². The molecule has 0 aliphatic heterocycles. The Bertz CT molecular complexity index is 1310. The van der Waals surface area contributed by atoms with Crippen molar-refractivity contribution in [2.45, 2.75) is 5.92 Å². The molecule has 0 spiro atoms. The van der Waals surface area contributed by atoms with Crippen LogP contribution >= 0.6 is 0 Å². The van der Waals surface area contributed by atoms with E-state index < -0.39 is 5.92 Å². The highest BCUT2D eigenvalue weighted by Crippen LogP contribution is 2.31. The zero-order valence-electron chi connectivity index (χ0n) is 17.6. The molecule has 5 rings (SSSR count). The summed E-state index contributed by atoms with van der Waals surface area (Å²) in [6.07, 6.45) is 1.67. The van der Waals surface area contributed by atoms with Gasteiger partial charge in [-0.25, -0.2) is 0 Å². The van der Waals surface area contributed by atoms with E-state index in [1.54, 1.807) is 6.20 Å². The minimum absolute atomic E-state index is 0.149. The summed E-state index contributed by atoms with van der Waals surface area (Å²) >= 11 is 0. The molecule has 2 heterocycles. The van der Waals surface area contributed by atoms with Gasteiger partial charge >= 0.3 is 0 Å². The van der Waals surface area contributed by atoms with Crippen LogP contribution in [0, 0.1) is 0 Å². The molecule has 0 saturated heterocycles. The predicted octanol–water partition coefficient (Wildman–Crippen LogP) is 5.57. The van der Waals surface area contributed by atoms with Crippen LogP contribution in [-0.2, 0) is 4.79 Å². The van der Waals surface area contributed by atoms with Crippen LogP contribution in [0.4, 0.5) is 5.69 Å². The second-order valence-electron chi connectivity index (χ2n) is 7.43. The third kappa shape index (κ3) is 4.41. The molecule has 3 aromatic carbocycles. The van der Waals surface area contributed by atoms with E-state index in [9.17, 15) is 4.79 Å². The molecule has 160 valence electrons. The number of pyridine rings is 1. The van der Waals surface area contributed by atoms with Gasteiger partial charge in [-0.3, -0.25) is 9.78 Å².